The lowest BCUT2D eigenvalue weighted by Gasteiger charge is -2.30. The molecule has 33 nitrogen and oxygen atoms in total. The molecule has 12 unspecified atom stereocenters. The largest absolute Gasteiger partial charge is 0.490 e. The van der Waals surface area contributed by atoms with Crippen LogP contribution in [0.3, 0.4) is 0 Å². The van der Waals surface area contributed by atoms with Gasteiger partial charge in [0.2, 0.25) is 37.2 Å². The number of aromatic nitrogens is 8. The number of fused-ring (bicyclic) bond motifs is 1. The smallest absolute Gasteiger partial charge is 0.351 e. The predicted molar refractivity (Wildman–Crippen MR) is 551 cm³/mol. The maximum Gasteiger partial charge on any atom is 0.351 e. The molecular formula is C103H134N13O20P3S2. The van der Waals surface area contributed by atoms with Crippen LogP contribution in [0.5, 0.6) is 17.2 Å². The minimum absolute atomic E-state index is 0.000953. The number of nitrogens with one attached hydrogen (secondary N) is 4. The zero-order valence-corrected chi connectivity index (χ0v) is 86.5. The Bertz CT molecular complexity index is 5850. The van der Waals surface area contributed by atoms with Crippen molar-refractivity contribution in [2.75, 3.05) is 83.2 Å². The first-order valence-electron chi connectivity index (χ1n) is 49.3. The maximum atomic E-state index is 14.8. The summed E-state index contributed by atoms with van der Waals surface area (Å²) in [5.41, 5.74) is -2.59. The summed E-state index contributed by atoms with van der Waals surface area (Å²) in [5.74, 6) is 34.0. The summed E-state index contributed by atoms with van der Waals surface area (Å²) >= 11 is 12.4. The van der Waals surface area contributed by atoms with Gasteiger partial charge in [0.1, 0.15) is 62.6 Å². The average molecular weight is 2030 g/mol. The van der Waals surface area contributed by atoms with E-state index in [0.717, 1.165) is 51.4 Å². The van der Waals surface area contributed by atoms with E-state index in [2.05, 4.69) is 153 Å². The lowest BCUT2D eigenvalue weighted by Crippen LogP contribution is -2.33. The normalized spacial score (nSPS) is 18.2. The molecule has 0 aliphatic carbocycles. The van der Waals surface area contributed by atoms with Gasteiger partial charge in [-0.2, -0.15) is 9.97 Å². The number of unbranched alkanes of at least 4 members (excludes halogenated alkanes) is 30. The molecule has 141 heavy (non-hydrogen) atoms. The van der Waals surface area contributed by atoms with Crippen molar-refractivity contribution >= 4 is 80.2 Å². The van der Waals surface area contributed by atoms with Gasteiger partial charge >= 0.3 is 24.8 Å². The van der Waals surface area contributed by atoms with Gasteiger partial charge in [-0.1, -0.05) is 227 Å². The standard InChI is InChI=1S/C103H134N13O20P3S2/c1-12-16-19-22-25-28-31-34-37-39-42-45-48-51-54-57-65-124-87-71-81(70-86(123-64-56-53-50-47-44-41-36-33-30-27-24-21-18-14-3)95(87)125-66-58-55-52-49-46-43-40-38-35-32-29-26-23-20-17-13-2)99(119)108-90-59-63-114(102(121)109-90)91-72-83(134-137(11)126-67-60-104-8)88(132-91)76-129-139(141,128-69-62-106-10)136-85-74-93(116-78-107-94-96(116)110-101(112-100(94)120)111-97(117)79(5)6)133-89(85)77-130-138(140,127-68-61-105-9)135-84-73-92(131-82(84)15-4)115-75-80(7)98(118)113-103(115)122/h3,59,63,70-71,75,78-79,82-85,88-89,91-93H,12-13,15-17,19-20,22-23,25-26,28-29,31-32,34-35,37-40,42-43,45-46,48-49,51-52,54-55,57-58,60-62,65-69,72-74,76-77H2,1-2,4-7,11H3,(H,113,118,122)(H,108,109,119,121)(H2,110,111,112,117,120). The van der Waals surface area contributed by atoms with Crippen LogP contribution in [0.2, 0.25) is 0 Å². The highest BCUT2D eigenvalue weighted by Gasteiger charge is 2.47. The SMILES string of the molecule is [C-]#[N+]CCOP(C)OC1CC(n2ccc(NC(=O)c3cc(OC#CC#CC#CC#CC#CC#CC#CC#C)c(OCCCCCCCCCCCCCCCCCC)c(OCCCCCCCCCCCCCCCCCC)c3)nc2=O)OC1COP(=S)(OCC[N+]#[C-])OC1CC(n2cnc3c(=O)[nH]c(NC(=O)C(C)C)nc32)OC1COP(=S)(OCC[N+]#[C-])OC1CC(n2cc(C)c(=O)[nH]c2=O)OC1CC. The van der Waals surface area contributed by atoms with Crippen LogP contribution in [0, 0.1) is 128 Å². The molecule has 758 valence electrons. The Hall–Kier alpha value is -10.3. The molecule has 3 fully saturated rings. The van der Waals surface area contributed by atoms with E-state index in [1.165, 1.54) is 199 Å². The Morgan fingerprint density at radius 3 is 1.51 bits per heavy atom. The van der Waals surface area contributed by atoms with Gasteiger partial charge in [-0.05, 0) is 109 Å². The van der Waals surface area contributed by atoms with Crippen molar-refractivity contribution in [3.8, 4) is 113 Å². The van der Waals surface area contributed by atoms with Gasteiger partial charge in [0.05, 0.1) is 57.2 Å². The third-order valence-corrected chi connectivity index (χ3v) is 29.0. The molecular weight excluding hydrogens is 1900 g/mol. The van der Waals surface area contributed by atoms with Gasteiger partial charge in [0, 0.05) is 96.8 Å². The van der Waals surface area contributed by atoms with Gasteiger partial charge in [-0.15, -0.1) is 6.42 Å². The van der Waals surface area contributed by atoms with Crippen LogP contribution in [0.1, 0.15) is 300 Å². The Morgan fingerprint density at radius 1 is 0.553 bits per heavy atom. The van der Waals surface area contributed by atoms with E-state index in [-0.39, 0.29) is 110 Å². The summed E-state index contributed by atoms with van der Waals surface area (Å²) < 4.78 is 94.7. The number of aryl methyl sites for hydroxylation is 1. The van der Waals surface area contributed by atoms with Crippen LogP contribution >= 0.6 is 21.8 Å². The van der Waals surface area contributed by atoms with E-state index in [4.69, 9.17) is 114 Å². The van der Waals surface area contributed by atoms with Crippen LogP contribution in [0.15, 0.2) is 56.1 Å². The number of H-pyrrole nitrogens is 2. The second-order valence-electron chi connectivity index (χ2n) is 34.4. The van der Waals surface area contributed by atoms with Gasteiger partial charge in [-0.3, -0.25) is 48.2 Å². The highest BCUT2D eigenvalue weighted by atomic mass is 32.5. The van der Waals surface area contributed by atoms with Crippen molar-refractivity contribution in [1.29, 1.82) is 0 Å². The van der Waals surface area contributed by atoms with Crippen LogP contribution < -0.4 is 47.3 Å². The van der Waals surface area contributed by atoms with Crippen LogP contribution in [0.4, 0.5) is 11.8 Å². The Morgan fingerprint density at radius 2 is 1.01 bits per heavy atom. The number of hydrogen-bond acceptors (Lipinski definition) is 25. The third-order valence-electron chi connectivity index (χ3n) is 23.1. The number of imidazole rings is 1. The van der Waals surface area contributed by atoms with Crippen LogP contribution in [-0.4, -0.2) is 160 Å². The molecule has 0 spiro atoms. The molecule has 0 radical (unpaired) electrons. The van der Waals surface area contributed by atoms with E-state index in [1.54, 1.807) is 33.5 Å². The zero-order valence-electron chi connectivity index (χ0n) is 82.2. The highest BCUT2D eigenvalue weighted by molar-refractivity contribution is 8.07. The van der Waals surface area contributed by atoms with Crippen LogP contribution in [-0.2, 0) is 78.8 Å². The van der Waals surface area contributed by atoms with E-state index >= 15 is 0 Å². The van der Waals surface area contributed by atoms with Crippen molar-refractivity contribution in [3.05, 3.63) is 124 Å². The fraction of sp³-hybridized carbons (Fsp3) is 0.612. The summed E-state index contributed by atoms with van der Waals surface area (Å²) in [6.45, 7) is 26.4. The molecule has 5 aromatic rings. The third kappa shape index (κ3) is 42.3. The summed E-state index contributed by atoms with van der Waals surface area (Å²) in [5, 5.41) is 5.41. The number of carbonyl (C=O) groups excluding carboxylic acids is 2. The first-order chi connectivity index (χ1) is 68.5. The minimum Gasteiger partial charge on any atom is -0.490 e. The van der Waals surface area contributed by atoms with Crippen molar-refractivity contribution in [2.24, 2.45) is 5.92 Å². The molecule has 0 saturated carbocycles. The van der Waals surface area contributed by atoms with E-state index < -0.39 is 131 Å². The summed E-state index contributed by atoms with van der Waals surface area (Å²) in [4.78, 5) is 110. The Labute approximate surface area is 841 Å². The molecule has 4 N–H and O–H groups in total. The van der Waals surface area contributed by atoms with Gasteiger partial charge in [0.15, 0.2) is 31.0 Å². The fourth-order valence-corrected chi connectivity index (χ4v) is 20.9. The van der Waals surface area contributed by atoms with E-state index in [0.29, 0.717) is 19.6 Å². The first-order valence-corrected chi connectivity index (χ1v) is 56.0. The van der Waals surface area contributed by atoms with E-state index in [9.17, 15) is 28.8 Å². The highest BCUT2D eigenvalue weighted by Crippen LogP contribution is 2.58. The van der Waals surface area contributed by atoms with Gasteiger partial charge < -0.3 is 84.5 Å². The topological polar surface area (TPSA) is 354 Å². The molecule has 38 heteroatoms. The number of benzene rings is 1. The Kier molecular flexibility index (Phi) is 54.7. The molecule has 2 amide bonds. The molecule has 8 rings (SSSR count). The average Bonchev–Trinajstić information content (AvgIpc) is 1.62. The number of ether oxygens (including phenoxy) is 6. The minimum atomic E-state index is -4.18. The number of hydrogen-bond donors (Lipinski definition) is 4. The van der Waals surface area contributed by atoms with Gasteiger partial charge in [0.25, 0.3) is 17.0 Å². The van der Waals surface area contributed by atoms with Crippen molar-refractivity contribution < 1.29 is 74.2 Å². The fourth-order valence-electron chi connectivity index (χ4n) is 15.6. The molecule has 4 aromatic heterocycles. The monoisotopic (exact) mass is 2030 g/mol. The molecule has 7 heterocycles. The number of nitrogens with zero attached hydrogens (tertiary/aromatic N) is 9. The van der Waals surface area contributed by atoms with Gasteiger partial charge in [-0.25, -0.2) is 34.3 Å². The first kappa shape index (κ1) is 116. The quantitative estimate of drug-likeness (QED) is 0.0122. The molecule has 0 bridgehead atoms. The molecule has 12 atom stereocenters. The molecule has 1 aromatic carbocycles. The lowest BCUT2D eigenvalue weighted by atomic mass is 10.0. The van der Waals surface area contributed by atoms with Crippen molar-refractivity contribution in [1.82, 2.24) is 38.6 Å². The number of terminal acetylenes is 1. The number of aromatic amines is 2. The van der Waals surface area contributed by atoms with Crippen molar-refractivity contribution in [3.63, 3.8) is 0 Å². The molecule has 3 saturated heterocycles. The molecule has 3 aliphatic heterocycles. The second-order valence-corrected chi connectivity index (χ2v) is 41.7. The summed E-state index contributed by atoms with van der Waals surface area (Å²) in [7, 11) is -1.73. The van der Waals surface area contributed by atoms with Crippen molar-refractivity contribution in [2.45, 2.75) is 328 Å². The maximum absolute atomic E-state index is 14.8. The zero-order chi connectivity index (χ0) is 101. The number of carbonyl (C=O) groups is 2. The number of anilines is 2. The molecule has 3 aliphatic rings. The van der Waals surface area contributed by atoms with E-state index in [1.807, 2.05) is 6.92 Å². The lowest BCUT2D eigenvalue weighted by molar-refractivity contribution is -0.119. The summed E-state index contributed by atoms with van der Waals surface area (Å²) in [6.07, 6.45) is 41.7. The second kappa shape index (κ2) is 66.5. The Balaban J connectivity index is 1.04. The predicted octanol–water partition coefficient (Wildman–Crippen LogP) is 19.0. The number of rotatable bonds is 66. The number of amides is 2. The van der Waals surface area contributed by atoms with Crippen LogP contribution in [0.25, 0.3) is 25.7 Å². The summed E-state index contributed by atoms with van der Waals surface area (Å²) in [6, 6.07) is 4.46.